The molecular weight excluding hydrogens is 298 g/mol. The summed E-state index contributed by atoms with van der Waals surface area (Å²) in [6.07, 6.45) is 3.50. The average Bonchev–Trinajstić information content (AvgIpc) is 2.64. The lowest BCUT2D eigenvalue weighted by molar-refractivity contribution is 0.478. The summed E-state index contributed by atoms with van der Waals surface area (Å²) in [4.78, 5) is 9.20. The molecule has 4 rings (SSSR count). The SMILES string of the molecule is NC1=CNC(c2ccccc2)(c2cccc3ncccc23)N=C1N. The lowest BCUT2D eigenvalue weighted by Gasteiger charge is -2.35. The number of aromatic nitrogens is 1. The highest BCUT2D eigenvalue weighted by molar-refractivity contribution is 5.97. The molecule has 2 heterocycles. The number of benzene rings is 2. The van der Waals surface area contributed by atoms with Crippen LogP contribution < -0.4 is 16.8 Å². The second-order valence-electron chi connectivity index (χ2n) is 5.69. The molecule has 0 saturated carbocycles. The summed E-state index contributed by atoms with van der Waals surface area (Å²) in [5.74, 6) is 0.318. The molecule has 1 aliphatic rings. The van der Waals surface area contributed by atoms with Crippen LogP contribution in [0.4, 0.5) is 0 Å². The summed E-state index contributed by atoms with van der Waals surface area (Å²) >= 11 is 0. The van der Waals surface area contributed by atoms with Gasteiger partial charge in [-0.2, -0.15) is 0 Å². The van der Waals surface area contributed by atoms with Gasteiger partial charge in [-0.25, -0.2) is 4.99 Å². The molecule has 1 aliphatic heterocycles. The van der Waals surface area contributed by atoms with E-state index in [0.29, 0.717) is 11.5 Å². The van der Waals surface area contributed by atoms with Crippen molar-refractivity contribution in [2.45, 2.75) is 5.66 Å². The molecule has 1 atom stereocenters. The average molecular weight is 315 g/mol. The van der Waals surface area contributed by atoms with Gasteiger partial charge >= 0.3 is 0 Å². The molecule has 0 radical (unpaired) electrons. The standard InChI is InChI=1S/C19H17N5/c20-16-12-23-19(24-18(16)21,13-6-2-1-3-7-13)15-9-4-10-17-14(15)8-5-11-22-17/h1-12,23H,20H2,(H2,21,24). The zero-order valence-corrected chi connectivity index (χ0v) is 13.0. The van der Waals surface area contributed by atoms with Crippen molar-refractivity contribution in [3.63, 3.8) is 0 Å². The monoisotopic (exact) mass is 315 g/mol. The van der Waals surface area contributed by atoms with Crippen molar-refractivity contribution in [2.75, 3.05) is 0 Å². The zero-order chi connectivity index (χ0) is 16.6. The van der Waals surface area contributed by atoms with Crippen LogP contribution in [0.1, 0.15) is 11.1 Å². The van der Waals surface area contributed by atoms with E-state index in [4.69, 9.17) is 16.5 Å². The highest BCUT2D eigenvalue weighted by atomic mass is 15.2. The third-order valence-electron chi connectivity index (χ3n) is 4.25. The molecule has 0 bridgehead atoms. The first-order valence-corrected chi connectivity index (χ1v) is 7.69. The number of aliphatic imine (C=N–C) groups is 1. The maximum absolute atomic E-state index is 6.07. The predicted molar refractivity (Wildman–Crippen MR) is 96.0 cm³/mol. The minimum Gasteiger partial charge on any atom is -0.395 e. The van der Waals surface area contributed by atoms with Crippen LogP contribution in [0.3, 0.4) is 0 Å². The number of nitrogens with zero attached hydrogens (tertiary/aromatic N) is 2. The molecule has 5 N–H and O–H groups in total. The zero-order valence-electron chi connectivity index (χ0n) is 13.0. The fourth-order valence-electron chi connectivity index (χ4n) is 3.07. The molecule has 118 valence electrons. The first-order chi connectivity index (χ1) is 11.7. The van der Waals surface area contributed by atoms with Gasteiger partial charge in [0.05, 0.1) is 11.2 Å². The molecule has 3 aromatic rings. The number of hydrogen-bond acceptors (Lipinski definition) is 5. The summed E-state index contributed by atoms with van der Waals surface area (Å²) in [6.45, 7) is 0. The Bertz CT molecular complexity index is 956. The van der Waals surface area contributed by atoms with Gasteiger partial charge in [0.2, 0.25) is 0 Å². The Morgan fingerprint density at radius 3 is 2.50 bits per heavy atom. The molecule has 1 aromatic heterocycles. The van der Waals surface area contributed by atoms with Crippen LogP contribution in [0, 0.1) is 0 Å². The Morgan fingerprint density at radius 2 is 1.71 bits per heavy atom. The molecule has 0 amide bonds. The number of pyridine rings is 1. The van der Waals surface area contributed by atoms with Gasteiger partial charge in [-0.15, -0.1) is 0 Å². The van der Waals surface area contributed by atoms with E-state index in [2.05, 4.69) is 10.3 Å². The Kier molecular flexibility index (Phi) is 3.20. The van der Waals surface area contributed by atoms with Crippen LogP contribution in [0.15, 0.2) is 83.7 Å². The Balaban J connectivity index is 2.05. The third kappa shape index (κ3) is 2.10. The number of fused-ring (bicyclic) bond motifs is 1. The van der Waals surface area contributed by atoms with Crippen molar-refractivity contribution >= 4 is 16.7 Å². The van der Waals surface area contributed by atoms with E-state index in [1.54, 1.807) is 12.4 Å². The van der Waals surface area contributed by atoms with E-state index in [0.717, 1.165) is 22.0 Å². The maximum Gasteiger partial charge on any atom is 0.184 e. The molecular formula is C19H17N5. The first-order valence-electron chi connectivity index (χ1n) is 7.69. The van der Waals surface area contributed by atoms with Crippen LogP contribution in [0.5, 0.6) is 0 Å². The molecule has 24 heavy (non-hydrogen) atoms. The quantitative estimate of drug-likeness (QED) is 0.676. The minimum absolute atomic E-state index is 0.318. The number of nitrogens with one attached hydrogen (secondary N) is 1. The highest BCUT2D eigenvalue weighted by Gasteiger charge is 2.37. The summed E-state index contributed by atoms with van der Waals surface area (Å²) in [7, 11) is 0. The molecule has 0 spiro atoms. The van der Waals surface area contributed by atoms with Crippen LogP contribution in [-0.2, 0) is 5.66 Å². The van der Waals surface area contributed by atoms with E-state index in [1.165, 1.54) is 0 Å². The second kappa shape index (κ2) is 5.38. The summed E-state index contributed by atoms with van der Waals surface area (Å²) < 4.78 is 0. The van der Waals surface area contributed by atoms with Crippen molar-refractivity contribution < 1.29 is 0 Å². The Labute approximate surface area is 139 Å². The lowest BCUT2D eigenvalue weighted by Crippen LogP contribution is -2.45. The van der Waals surface area contributed by atoms with Gasteiger partial charge in [-0.05, 0) is 12.1 Å². The normalized spacial score (nSPS) is 20.2. The van der Waals surface area contributed by atoms with Crippen molar-refractivity contribution in [1.82, 2.24) is 10.3 Å². The molecule has 0 aliphatic carbocycles. The maximum atomic E-state index is 6.07. The molecule has 5 heteroatoms. The van der Waals surface area contributed by atoms with Gasteiger partial charge in [0.1, 0.15) is 5.84 Å². The summed E-state index contributed by atoms with van der Waals surface area (Å²) in [5, 5.41) is 4.37. The first kappa shape index (κ1) is 14.3. The highest BCUT2D eigenvalue weighted by Crippen LogP contribution is 2.36. The summed E-state index contributed by atoms with van der Waals surface area (Å²) in [5.41, 5.74) is 14.4. The molecule has 0 fully saturated rings. The van der Waals surface area contributed by atoms with Crippen LogP contribution in [-0.4, -0.2) is 10.8 Å². The van der Waals surface area contributed by atoms with Crippen molar-refractivity contribution in [2.24, 2.45) is 16.5 Å². The van der Waals surface area contributed by atoms with Gasteiger partial charge in [0.15, 0.2) is 5.66 Å². The van der Waals surface area contributed by atoms with Gasteiger partial charge in [-0.1, -0.05) is 48.5 Å². The van der Waals surface area contributed by atoms with Crippen molar-refractivity contribution in [3.8, 4) is 0 Å². The van der Waals surface area contributed by atoms with E-state index >= 15 is 0 Å². The van der Waals surface area contributed by atoms with E-state index < -0.39 is 5.66 Å². The van der Waals surface area contributed by atoms with Crippen LogP contribution in [0.25, 0.3) is 10.9 Å². The molecule has 1 unspecified atom stereocenters. The van der Waals surface area contributed by atoms with Gasteiger partial charge in [0.25, 0.3) is 0 Å². The number of amidine groups is 1. The number of hydrogen-bond donors (Lipinski definition) is 3. The Morgan fingerprint density at radius 1 is 0.875 bits per heavy atom. The fourth-order valence-corrected chi connectivity index (χ4v) is 3.07. The fraction of sp³-hybridized carbons (Fsp3) is 0.0526. The smallest absolute Gasteiger partial charge is 0.184 e. The van der Waals surface area contributed by atoms with Crippen LogP contribution in [0.2, 0.25) is 0 Å². The molecule has 5 nitrogen and oxygen atoms in total. The summed E-state index contributed by atoms with van der Waals surface area (Å²) in [6, 6.07) is 19.9. The molecule has 2 aromatic carbocycles. The van der Waals surface area contributed by atoms with E-state index in [9.17, 15) is 0 Å². The van der Waals surface area contributed by atoms with Gasteiger partial charge in [0, 0.05) is 28.9 Å². The van der Waals surface area contributed by atoms with Crippen LogP contribution >= 0.6 is 0 Å². The number of rotatable bonds is 2. The topological polar surface area (TPSA) is 89.3 Å². The molecule has 0 saturated heterocycles. The van der Waals surface area contributed by atoms with Gasteiger partial charge in [-0.3, -0.25) is 4.98 Å². The predicted octanol–water partition coefficient (Wildman–Crippen LogP) is 2.20. The number of nitrogens with two attached hydrogens (primary N) is 2. The third-order valence-corrected chi connectivity index (χ3v) is 4.25. The minimum atomic E-state index is -0.837. The Hall–Kier alpha value is -3.34. The van der Waals surface area contributed by atoms with Crippen molar-refractivity contribution in [3.05, 3.63) is 89.9 Å². The second-order valence-corrected chi connectivity index (χ2v) is 5.69. The van der Waals surface area contributed by atoms with E-state index in [-0.39, 0.29) is 0 Å². The lowest BCUT2D eigenvalue weighted by atomic mass is 9.88. The van der Waals surface area contributed by atoms with Crippen molar-refractivity contribution in [1.29, 1.82) is 0 Å². The largest absolute Gasteiger partial charge is 0.395 e. The van der Waals surface area contributed by atoms with Gasteiger partial charge < -0.3 is 16.8 Å². The van der Waals surface area contributed by atoms with E-state index in [1.807, 2.05) is 60.7 Å².